The van der Waals surface area contributed by atoms with Gasteiger partial charge in [0.1, 0.15) is 0 Å². The maximum absolute atomic E-state index is 2.44. The summed E-state index contributed by atoms with van der Waals surface area (Å²) in [6.45, 7) is 0. The summed E-state index contributed by atoms with van der Waals surface area (Å²) in [7, 11) is 0. The van der Waals surface area contributed by atoms with Gasteiger partial charge in [0.25, 0.3) is 0 Å². The third kappa shape index (κ3) is 5.33. The Hall–Kier alpha value is -6.68. The molecule has 10 rings (SSSR count). The zero-order chi connectivity index (χ0) is 35.1. The van der Waals surface area contributed by atoms with Crippen LogP contribution >= 0.6 is 11.3 Å². The van der Waals surface area contributed by atoms with E-state index in [1.807, 2.05) is 11.3 Å². The van der Waals surface area contributed by atoms with Gasteiger partial charge in [0.15, 0.2) is 0 Å². The number of rotatable bonds is 7. The molecule has 0 bridgehead atoms. The van der Waals surface area contributed by atoms with Crippen LogP contribution in [0.1, 0.15) is 0 Å². The van der Waals surface area contributed by atoms with E-state index in [-0.39, 0.29) is 0 Å². The molecule has 0 atom stereocenters. The van der Waals surface area contributed by atoms with Gasteiger partial charge in [0.2, 0.25) is 0 Å². The van der Waals surface area contributed by atoms with E-state index in [9.17, 15) is 0 Å². The van der Waals surface area contributed by atoms with Gasteiger partial charge in [0, 0.05) is 43.5 Å². The minimum Gasteiger partial charge on any atom is -0.309 e. The topological polar surface area (TPSA) is 8.17 Å². The van der Waals surface area contributed by atoms with E-state index in [2.05, 4.69) is 216 Å². The Bertz CT molecular complexity index is 2870. The molecule has 250 valence electrons. The van der Waals surface area contributed by atoms with Crippen LogP contribution in [-0.4, -0.2) is 4.57 Å². The van der Waals surface area contributed by atoms with Crippen LogP contribution in [0.4, 0.5) is 17.1 Å². The lowest BCUT2D eigenvalue weighted by Crippen LogP contribution is -2.12. The molecule has 0 aliphatic rings. The number of benzene rings is 8. The van der Waals surface area contributed by atoms with Crippen molar-refractivity contribution in [2.45, 2.75) is 0 Å². The van der Waals surface area contributed by atoms with Crippen molar-refractivity contribution in [1.82, 2.24) is 4.57 Å². The molecule has 0 N–H and O–H groups in total. The SMILES string of the molecule is c1ccc(-c2ccc(N(c3ccccc3-c3ccccc3)c3ccccc3-c3cccc4c3sc3c5ccccc5n(-c5ccccc5)c43)cc2)cc1. The molecule has 0 amide bonds. The van der Waals surface area contributed by atoms with Gasteiger partial charge in [-0.1, -0.05) is 164 Å². The number of thiophene rings is 1. The molecule has 2 aromatic heterocycles. The van der Waals surface area contributed by atoms with Crippen molar-refractivity contribution in [3.63, 3.8) is 0 Å². The van der Waals surface area contributed by atoms with Crippen LogP contribution in [0.5, 0.6) is 0 Å². The van der Waals surface area contributed by atoms with Crippen LogP contribution in [0.2, 0.25) is 0 Å². The van der Waals surface area contributed by atoms with Gasteiger partial charge in [-0.2, -0.15) is 0 Å². The fourth-order valence-corrected chi connectivity index (χ4v) is 9.16. The Kier molecular flexibility index (Phi) is 7.71. The van der Waals surface area contributed by atoms with Gasteiger partial charge in [-0.05, 0) is 59.2 Å². The number of aromatic nitrogens is 1. The van der Waals surface area contributed by atoms with Crippen molar-refractivity contribution in [3.05, 3.63) is 206 Å². The second-order valence-electron chi connectivity index (χ2n) is 13.3. The lowest BCUT2D eigenvalue weighted by atomic mass is 9.97. The highest BCUT2D eigenvalue weighted by molar-refractivity contribution is 7.27. The molecule has 53 heavy (non-hydrogen) atoms. The molecule has 0 unspecified atom stereocenters. The van der Waals surface area contributed by atoms with Crippen LogP contribution in [0.25, 0.3) is 70.3 Å². The Balaban J connectivity index is 1.22. The van der Waals surface area contributed by atoms with E-state index in [1.165, 1.54) is 70.3 Å². The second-order valence-corrected chi connectivity index (χ2v) is 14.3. The smallest absolute Gasteiger partial charge is 0.0727 e. The van der Waals surface area contributed by atoms with Crippen molar-refractivity contribution in [3.8, 4) is 39.1 Å². The highest BCUT2D eigenvalue weighted by Crippen LogP contribution is 2.49. The predicted molar refractivity (Wildman–Crippen MR) is 227 cm³/mol. The minimum absolute atomic E-state index is 1.10. The fourth-order valence-electron chi connectivity index (χ4n) is 7.82. The summed E-state index contributed by atoms with van der Waals surface area (Å²) >= 11 is 1.90. The maximum atomic E-state index is 2.44. The summed E-state index contributed by atoms with van der Waals surface area (Å²) < 4.78 is 5.04. The van der Waals surface area contributed by atoms with E-state index < -0.39 is 0 Å². The molecule has 2 nitrogen and oxygen atoms in total. The largest absolute Gasteiger partial charge is 0.309 e. The van der Waals surface area contributed by atoms with Crippen molar-refractivity contribution < 1.29 is 0 Å². The Morgan fingerprint density at radius 1 is 0.358 bits per heavy atom. The summed E-state index contributed by atoms with van der Waals surface area (Å²) in [5.74, 6) is 0. The highest BCUT2D eigenvalue weighted by Gasteiger charge is 2.24. The summed E-state index contributed by atoms with van der Waals surface area (Å²) in [4.78, 5) is 2.44. The number of anilines is 3. The maximum Gasteiger partial charge on any atom is 0.0727 e. The Morgan fingerprint density at radius 2 is 0.887 bits per heavy atom. The fraction of sp³-hybridized carbons (Fsp3) is 0. The number of fused-ring (bicyclic) bond motifs is 5. The second kappa shape index (κ2) is 13.1. The van der Waals surface area contributed by atoms with E-state index in [4.69, 9.17) is 0 Å². The van der Waals surface area contributed by atoms with Crippen LogP contribution in [0.3, 0.4) is 0 Å². The predicted octanol–water partition coefficient (Wildman–Crippen LogP) is 14.5. The van der Waals surface area contributed by atoms with Gasteiger partial charge in [-0.15, -0.1) is 11.3 Å². The Labute approximate surface area is 313 Å². The molecule has 0 saturated carbocycles. The van der Waals surface area contributed by atoms with E-state index >= 15 is 0 Å². The zero-order valence-corrected chi connectivity index (χ0v) is 29.7. The van der Waals surface area contributed by atoms with Gasteiger partial charge in [-0.25, -0.2) is 0 Å². The van der Waals surface area contributed by atoms with Crippen molar-refractivity contribution in [2.24, 2.45) is 0 Å². The molecular weight excluding hydrogens is 661 g/mol. The summed E-state index contributed by atoms with van der Waals surface area (Å²) in [6, 6.07) is 74.4. The molecule has 0 aliphatic carbocycles. The average molecular weight is 695 g/mol. The van der Waals surface area contributed by atoms with Gasteiger partial charge in [0.05, 0.1) is 27.1 Å². The molecule has 8 aromatic carbocycles. The van der Waals surface area contributed by atoms with E-state index in [0.29, 0.717) is 0 Å². The monoisotopic (exact) mass is 694 g/mol. The standard InChI is InChI=1S/C50H34N2S/c1-4-17-35(18-5-1)36-31-33-39(34-32-36)51(45-28-13-10-23-40(45)37-19-6-2-7-20-37)46-29-14-11-24-41(46)42-26-16-27-44-48-50(53-49(42)44)43-25-12-15-30-47(43)52(48)38-21-8-3-9-22-38/h1-34H. The van der Waals surface area contributed by atoms with Gasteiger partial charge >= 0.3 is 0 Å². The third-order valence-electron chi connectivity index (χ3n) is 10.2. The number of hydrogen-bond donors (Lipinski definition) is 0. The minimum atomic E-state index is 1.10. The third-order valence-corrected chi connectivity index (χ3v) is 11.5. The number of nitrogens with zero attached hydrogens (tertiary/aromatic N) is 2. The van der Waals surface area contributed by atoms with E-state index in [1.54, 1.807) is 0 Å². The summed E-state index contributed by atoms with van der Waals surface area (Å²) in [5.41, 5.74) is 14.2. The first-order valence-electron chi connectivity index (χ1n) is 18.0. The average Bonchev–Trinajstić information content (AvgIpc) is 3.78. The summed E-state index contributed by atoms with van der Waals surface area (Å²) in [6.07, 6.45) is 0. The molecular formula is C50H34N2S. The number of hydrogen-bond acceptors (Lipinski definition) is 2. The Morgan fingerprint density at radius 3 is 1.62 bits per heavy atom. The molecule has 0 saturated heterocycles. The van der Waals surface area contributed by atoms with Crippen LogP contribution in [0, 0.1) is 0 Å². The first-order chi connectivity index (χ1) is 26.3. The quantitative estimate of drug-likeness (QED) is 0.161. The van der Waals surface area contributed by atoms with Gasteiger partial charge < -0.3 is 9.47 Å². The highest BCUT2D eigenvalue weighted by atomic mass is 32.1. The molecule has 0 spiro atoms. The van der Waals surface area contributed by atoms with Crippen molar-refractivity contribution >= 4 is 59.6 Å². The first kappa shape index (κ1) is 31.1. The van der Waals surface area contributed by atoms with E-state index in [0.717, 1.165) is 17.1 Å². The lowest BCUT2D eigenvalue weighted by molar-refractivity contribution is 1.19. The van der Waals surface area contributed by atoms with Crippen LogP contribution in [0.15, 0.2) is 206 Å². The number of para-hydroxylation sites is 4. The lowest BCUT2D eigenvalue weighted by Gasteiger charge is -2.30. The molecule has 2 heterocycles. The molecule has 0 radical (unpaired) electrons. The molecule has 0 fully saturated rings. The molecule has 10 aromatic rings. The first-order valence-corrected chi connectivity index (χ1v) is 18.8. The normalized spacial score (nSPS) is 11.4. The van der Waals surface area contributed by atoms with Gasteiger partial charge in [-0.3, -0.25) is 0 Å². The zero-order valence-electron chi connectivity index (χ0n) is 28.9. The molecule has 0 aliphatic heterocycles. The summed E-state index contributed by atoms with van der Waals surface area (Å²) in [5, 5.41) is 2.55. The van der Waals surface area contributed by atoms with Crippen LogP contribution in [-0.2, 0) is 0 Å². The van der Waals surface area contributed by atoms with Crippen molar-refractivity contribution in [2.75, 3.05) is 4.90 Å². The van der Waals surface area contributed by atoms with Crippen molar-refractivity contribution in [1.29, 1.82) is 0 Å². The van der Waals surface area contributed by atoms with Crippen LogP contribution < -0.4 is 4.90 Å². The molecule has 3 heteroatoms.